The van der Waals surface area contributed by atoms with Crippen molar-refractivity contribution in [1.29, 1.82) is 0 Å². The number of benzene rings is 2. The highest BCUT2D eigenvalue weighted by Crippen LogP contribution is 2.23. The molecule has 1 aliphatic rings. The first kappa shape index (κ1) is 26.1. The molecule has 8 heteroatoms. The summed E-state index contributed by atoms with van der Waals surface area (Å²) in [5, 5.41) is 0. The third-order valence-electron chi connectivity index (χ3n) is 6.74. The van der Waals surface area contributed by atoms with Gasteiger partial charge >= 0.3 is 0 Å². The van der Waals surface area contributed by atoms with Gasteiger partial charge in [0.2, 0.25) is 0 Å². The second kappa shape index (κ2) is 12.9. The van der Waals surface area contributed by atoms with Crippen LogP contribution in [0.25, 0.3) is 0 Å². The van der Waals surface area contributed by atoms with E-state index in [1.165, 1.54) is 12.4 Å². The molecule has 1 aliphatic heterocycles. The average molecular weight is 502 g/mol. The molecule has 0 spiro atoms. The standard InChI is InChI=1S/C29H35N5O3/c1-2-33-18-10-3-4-11-19-34(29(36)26-27(30)32-17-16-31-26)23(20-22-12-6-5-7-13-22)21-37-25-15-9-8-14-24(25)28(33)35/h5-9,12-17,23H,2-4,10-11,18-21H2,1H3,(H2,30,32)/t23-/m0/s1. The van der Waals surface area contributed by atoms with E-state index >= 15 is 0 Å². The van der Waals surface area contributed by atoms with Crippen LogP contribution in [0.2, 0.25) is 0 Å². The van der Waals surface area contributed by atoms with Gasteiger partial charge in [-0.3, -0.25) is 9.59 Å². The molecule has 1 atom stereocenters. The first-order valence-corrected chi connectivity index (χ1v) is 13.0. The molecule has 0 unspecified atom stereocenters. The van der Waals surface area contributed by atoms with Crippen molar-refractivity contribution in [3.05, 3.63) is 83.8 Å². The van der Waals surface area contributed by atoms with Crippen LogP contribution in [-0.2, 0) is 6.42 Å². The van der Waals surface area contributed by atoms with Crippen LogP contribution in [0.1, 0.15) is 59.0 Å². The molecular formula is C29H35N5O3. The molecular weight excluding hydrogens is 466 g/mol. The molecule has 2 heterocycles. The minimum absolute atomic E-state index is 0.0324. The Labute approximate surface area is 218 Å². The van der Waals surface area contributed by atoms with Crippen LogP contribution in [-0.4, -0.2) is 63.9 Å². The second-order valence-electron chi connectivity index (χ2n) is 9.24. The zero-order chi connectivity index (χ0) is 26.0. The van der Waals surface area contributed by atoms with E-state index in [0.717, 1.165) is 31.2 Å². The molecule has 0 fully saturated rings. The molecule has 0 radical (unpaired) electrons. The van der Waals surface area contributed by atoms with E-state index in [-0.39, 0.29) is 36.0 Å². The highest BCUT2D eigenvalue weighted by Gasteiger charge is 2.29. The Morgan fingerprint density at radius 3 is 2.43 bits per heavy atom. The highest BCUT2D eigenvalue weighted by atomic mass is 16.5. The number of hydrogen-bond donors (Lipinski definition) is 1. The number of para-hydroxylation sites is 1. The smallest absolute Gasteiger partial charge is 0.276 e. The summed E-state index contributed by atoms with van der Waals surface area (Å²) in [7, 11) is 0. The van der Waals surface area contributed by atoms with Crippen LogP contribution < -0.4 is 10.5 Å². The molecule has 8 nitrogen and oxygen atoms in total. The van der Waals surface area contributed by atoms with Gasteiger partial charge in [-0.05, 0) is 43.9 Å². The third-order valence-corrected chi connectivity index (χ3v) is 6.74. The average Bonchev–Trinajstić information content (AvgIpc) is 2.93. The summed E-state index contributed by atoms with van der Waals surface area (Å²) in [6, 6.07) is 17.1. The van der Waals surface area contributed by atoms with Gasteiger partial charge in [-0.25, -0.2) is 9.97 Å². The van der Waals surface area contributed by atoms with E-state index in [9.17, 15) is 9.59 Å². The maximum absolute atomic E-state index is 13.8. The van der Waals surface area contributed by atoms with E-state index in [0.29, 0.717) is 37.4 Å². The van der Waals surface area contributed by atoms with Crippen molar-refractivity contribution in [2.75, 3.05) is 32.0 Å². The normalized spacial score (nSPS) is 17.4. The van der Waals surface area contributed by atoms with Crippen LogP contribution in [0.3, 0.4) is 0 Å². The number of carbonyl (C=O) groups excluding carboxylic acids is 2. The van der Waals surface area contributed by atoms with Crippen molar-refractivity contribution in [2.45, 2.75) is 45.1 Å². The zero-order valence-electron chi connectivity index (χ0n) is 21.4. The Morgan fingerprint density at radius 2 is 1.68 bits per heavy atom. The van der Waals surface area contributed by atoms with Gasteiger partial charge in [0.15, 0.2) is 11.5 Å². The van der Waals surface area contributed by atoms with Crippen molar-refractivity contribution in [2.24, 2.45) is 0 Å². The van der Waals surface area contributed by atoms with Crippen molar-refractivity contribution in [3.8, 4) is 5.75 Å². The number of carbonyl (C=O) groups is 2. The summed E-state index contributed by atoms with van der Waals surface area (Å²) < 4.78 is 6.32. The van der Waals surface area contributed by atoms with E-state index in [4.69, 9.17) is 10.5 Å². The number of fused-ring (bicyclic) bond motifs is 1. The largest absolute Gasteiger partial charge is 0.491 e. The van der Waals surface area contributed by atoms with Gasteiger partial charge in [0.1, 0.15) is 12.4 Å². The van der Waals surface area contributed by atoms with Crippen molar-refractivity contribution < 1.29 is 14.3 Å². The molecule has 37 heavy (non-hydrogen) atoms. The van der Waals surface area contributed by atoms with Crippen molar-refractivity contribution in [3.63, 3.8) is 0 Å². The number of nitrogens with zero attached hydrogens (tertiary/aromatic N) is 4. The van der Waals surface area contributed by atoms with Gasteiger partial charge < -0.3 is 20.3 Å². The van der Waals surface area contributed by atoms with Gasteiger partial charge in [0.05, 0.1) is 11.6 Å². The molecule has 0 saturated carbocycles. The Kier molecular flexibility index (Phi) is 9.08. The van der Waals surface area contributed by atoms with Gasteiger partial charge in [-0.2, -0.15) is 0 Å². The van der Waals surface area contributed by atoms with E-state index < -0.39 is 0 Å². The van der Waals surface area contributed by atoms with Crippen LogP contribution in [0.4, 0.5) is 5.82 Å². The quantitative estimate of drug-likeness (QED) is 0.574. The number of nitrogens with two attached hydrogens (primary N) is 1. The lowest BCUT2D eigenvalue weighted by atomic mass is 10.0. The predicted octanol–water partition coefficient (Wildman–Crippen LogP) is 4.23. The van der Waals surface area contributed by atoms with E-state index in [2.05, 4.69) is 9.97 Å². The lowest BCUT2D eigenvalue weighted by molar-refractivity contribution is 0.0592. The molecule has 0 aliphatic carbocycles. The fraction of sp³-hybridized carbons (Fsp3) is 0.379. The number of ether oxygens (including phenoxy) is 1. The van der Waals surface area contributed by atoms with Crippen molar-refractivity contribution in [1.82, 2.24) is 19.8 Å². The van der Waals surface area contributed by atoms with Crippen LogP contribution in [0.15, 0.2) is 67.0 Å². The summed E-state index contributed by atoms with van der Waals surface area (Å²) in [4.78, 5) is 39.1. The molecule has 3 aromatic rings. The third kappa shape index (κ3) is 6.64. The monoisotopic (exact) mass is 501 g/mol. The van der Waals surface area contributed by atoms with Crippen LogP contribution >= 0.6 is 0 Å². The summed E-state index contributed by atoms with van der Waals surface area (Å²) in [6.45, 7) is 4.11. The Bertz CT molecular complexity index is 1190. The lowest BCUT2D eigenvalue weighted by Crippen LogP contribution is -2.46. The SMILES string of the molecule is CCN1CCCCCCN(C(=O)c2nccnc2N)[C@@H](Cc2ccccc2)COc2ccccc2C1=O. The minimum Gasteiger partial charge on any atom is -0.491 e. The number of hydrogen-bond acceptors (Lipinski definition) is 6. The highest BCUT2D eigenvalue weighted by molar-refractivity contribution is 5.97. The molecule has 1 aromatic heterocycles. The molecule has 0 saturated heterocycles. The Morgan fingerprint density at radius 1 is 0.973 bits per heavy atom. The topological polar surface area (TPSA) is 102 Å². The number of anilines is 1. The Hall–Kier alpha value is -3.94. The number of nitrogen functional groups attached to an aromatic ring is 1. The first-order chi connectivity index (χ1) is 18.1. The Balaban J connectivity index is 1.70. The zero-order valence-corrected chi connectivity index (χ0v) is 21.4. The molecule has 2 amide bonds. The van der Waals surface area contributed by atoms with E-state index in [1.807, 2.05) is 71.3 Å². The maximum Gasteiger partial charge on any atom is 0.276 e. The maximum atomic E-state index is 13.8. The summed E-state index contributed by atoms with van der Waals surface area (Å²) >= 11 is 0. The fourth-order valence-electron chi connectivity index (χ4n) is 4.71. The van der Waals surface area contributed by atoms with Gasteiger partial charge in [0.25, 0.3) is 11.8 Å². The fourth-order valence-corrected chi connectivity index (χ4v) is 4.71. The minimum atomic E-state index is -0.301. The van der Waals surface area contributed by atoms with Crippen LogP contribution in [0, 0.1) is 0 Å². The second-order valence-corrected chi connectivity index (χ2v) is 9.24. The van der Waals surface area contributed by atoms with Crippen molar-refractivity contribution >= 4 is 17.6 Å². The molecule has 2 N–H and O–H groups in total. The van der Waals surface area contributed by atoms with Gasteiger partial charge in [-0.1, -0.05) is 55.3 Å². The molecule has 194 valence electrons. The molecule has 2 aromatic carbocycles. The summed E-state index contributed by atoms with van der Waals surface area (Å²) in [6.07, 6.45) is 7.20. The predicted molar refractivity (Wildman–Crippen MR) is 143 cm³/mol. The number of aromatic nitrogens is 2. The molecule has 0 bridgehead atoms. The first-order valence-electron chi connectivity index (χ1n) is 13.0. The molecule has 4 rings (SSSR count). The van der Waals surface area contributed by atoms with Crippen LogP contribution in [0.5, 0.6) is 5.75 Å². The van der Waals surface area contributed by atoms with Gasteiger partial charge in [0, 0.05) is 32.0 Å². The summed E-state index contributed by atoms with van der Waals surface area (Å²) in [5.41, 5.74) is 7.82. The number of amides is 2. The van der Waals surface area contributed by atoms with Gasteiger partial charge in [-0.15, -0.1) is 0 Å². The van der Waals surface area contributed by atoms with E-state index in [1.54, 1.807) is 0 Å². The summed E-state index contributed by atoms with van der Waals surface area (Å²) in [5.74, 6) is 0.341. The lowest BCUT2D eigenvalue weighted by Gasteiger charge is -2.33. The number of rotatable bonds is 4.